The molecule has 0 heterocycles. The molecule has 0 aromatic heterocycles. The second kappa shape index (κ2) is 12.8. The minimum Gasteiger partial charge on any atom is -0.480 e. The molecule has 1 atom stereocenters. The van der Waals surface area contributed by atoms with Crippen LogP contribution in [0.3, 0.4) is 0 Å². The molecule has 9 nitrogen and oxygen atoms in total. The molecule has 0 spiro atoms. The van der Waals surface area contributed by atoms with Gasteiger partial charge in [0.15, 0.2) is 0 Å². The number of hydrogen-bond donors (Lipinski definition) is 4. The van der Waals surface area contributed by atoms with Gasteiger partial charge in [-0.1, -0.05) is 65.7 Å². The third kappa shape index (κ3) is 6.91. The zero-order chi connectivity index (χ0) is 29.2. The maximum atomic E-state index is 13.6. The lowest BCUT2D eigenvalue weighted by atomic mass is 10.0. The Morgan fingerprint density at radius 1 is 1.00 bits per heavy atom. The third-order valence-corrected chi connectivity index (χ3v) is 8.50. The van der Waals surface area contributed by atoms with Crippen molar-refractivity contribution in [3.05, 3.63) is 106 Å². The van der Waals surface area contributed by atoms with Gasteiger partial charge in [0, 0.05) is 27.7 Å². The minimum absolute atomic E-state index is 0. The number of nitrogens with two attached hydrogens (primary N) is 1. The number of carboxylic acid groups (broad SMARTS) is 1. The van der Waals surface area contributed by atoms with Crippen molar-refractivity contribution in [1.29, 1.82) is 5.41 Å². The Balaban J connectivity index is 0.00000462. The monoisotopic (exact) mass is 634 g/mol. The van der Waals surface area contributed by atoms with Crippen LogP contribution >= 0.6 is 35.6 Å². The lowest BCUT2D eigenvalue weighted by Gasteiger charge is -2.28. The van der Waals surface area contributed by atoms with Gasteiger partial charge in [0.25, 0.3) is 15.9 Å². The number of anilines is 1. The maximum Gasteiger partial charge on any atom is 0.327 e. The number of carbonyl (C=O) groups excluding carboxylic acids is 1. The molecule has 1 unspecified atom stereocenters. The normalized spacial score (nSPS) is 11.8. The highest BCUT2D eigenvalue weighted by Gasteiger charge is 2.34. The van der Waals surface area contributed by atoms with Gasteiger partial charge in [-0.05, 0) is 59.7 Å². The Morgan fingerprint density at radius 2 is 1.63 bits per heavy atom. The molecule has 4 aromatic carbocycles. The highest BCUT2D eigenvalue weighted by Crippen LogP contribution is 2.32. The van der Waals surface area contributed by atoms with Crippen LogP contribution in [0.5, 0.6) is 0 Å². The number of hydrogen-bond acceptors (Lipinski definition) is 5. The van der Waals surface area contributed by atoms with Crippen LogP contribution in [0, 0.1) is 5.41 Å². The molecule has 1 amide bonds. The number of carboxylic acids is 1. The van der Waals surface area contributed by atoms with Crippen LogP contribution in [-0.2, 0) is 21.4 Å². The van der Waals surface area contributed by atoms with E-state index in [1.807, 2.05) is 0 Å². The first-order chi connectivity index (χ1) is 18.9. The van der Waals surface area contributed by atoms with Crippen molar-refractivity contribution in [3.63, 3.8) is 0 Å². The van der Waals surface area contributed by atoms with E-state index >= 15 is 0 Å². The summed E-state index contributed by atoms with van der Waals surface area (Å²) >= 11 is 12.0. The molecule has 0 aliphatic carbocycles. The first-order valence-corrected chi connectivity index (χ1v) is 14.1. The molecule has 41 heavy (non-hydrogen) atoms. The molecular weight excluding hydrogens is 611 g/mol. The van der Waals surface area contributed by atoms with Gasteiger partial charge in [-0.25, -0.2) is 13.2 Å². The number of nitrogens with one attached hydrogen (secondary N) is 2. The molecule has 0 bridgehead atoms. The molecule has 5 N–H and O–H groups in total. The number of aliphatic carboxylic acids is 1. The van der Waals surface area contributed by atoms with Crippen LogP contribution in [0.25, 0.3) is 10.8 Å². The number of amidine groups is 1. The summed E-state index contributed by atoms with van der Waals surface area (Å²) in [6.07, 6.45) is 0. The second-order valence-corrected chi connectivity index (χ2v) is 11.6. The SMILES string of the molecule is CC(C(=O)O)N(c1ccc2c(C(=O)NCc3ccc(C(=N)N)cc3)cccc2c1)S(=O)(=O)c1cc(Cl)cc(Cl)c1.Cl. The van der Waals surface area contributed by atoms with Gasteiger partial charge < -0.3 is 16.2 Å². The number of nitrogen functional groups attached to an aromatic ring is 1. The second-order valence-electron chi connectivity index (χ2n) is 8.92. The lowest BCUT2D eigenvalue weighted by molar-refractivity contribution is -0.137. The number of sulfonamides is 1. The molecule has 0 fully saturated rings. The van der Waals surface area contributed by atoms with Crippen LogP contribution in [0.15, 0.2) is 83.8 Å². The van der Waals surface area contributed by atoms with Gasteiger partial charge in [0.2, 0.25) is 0 Å². The number of rotatable bonds is 9. The van der Waals surface area contributed by atoms with Crippen LogP contribution in [0.2, 0.25) is 10.0 Å². The lowest BCUT2D eigenvalue weighted by Crippen LogP contribution is -2.43. The first kappa shape index (κ1) is 31.7. The Hall–Kier alpha value is -3.83. The van der Waals surface area contributed by atoms with E-state index in [1.54, 1.807) is 48.5 Å². The van der Waals surface area contributed by atoms with Crippen LogP contribution in [-0.4, -0.2) is 37.3 Å². The van der Waals surface area contributed by atoms with Crippen LogP contribution in [0.1, 0.15) is 28.4 Å². The van der Waals surface area contributed by atoms with Crippen molar-refractivity contribution < 1.29 is 23.1 Å². The third-order valence-electron chi connectivity index (χ3n) is 6.18. The summed E-state index contributed by atoms with van der Waals surface area (Å²) in [5.41, 5.74) is 7.30. The van der Waals surface area contributed by atoms with Crippen molar-refractivity contribution in [2.45, 2.75) is 24.4 Å². The molecule has 214 valence electrons. The van der Waals surface area contributed by atoms with E-state index in [1.165, 1.54) is 37.3 Å². The predicted molar refractivity (Wildman–Crippen MR) is 163 cm³/mol. The number of halogens is 3. The number of carbonyl (C=O) groups is 2. The van der Waals surface area contributed by atoms with Crippen molar-refractivity contribution in [3.8, 4) is 0 Å². The van der Waals surface area contributed by atoms with E-state index in [0.29, 0.717) is 21.9 Å². The minimum atomic E-state index is -4.40. The molecule has 13 heteroatoms. The molecule has 4 rings (SSSR count). The van der Waals surface area contributed by atoms with Gasteiger partial charge in [0.1, 0.15) is 11.9 Å². The summed E-state index contributed by atoms with van der Waals surface area (Å²) in [7, 11) is -4.40. The fourth-order valence-electron chi connectivity index (χ4n) is 4.15. The van der Waals surface area contributed by atoms with Crippen molar-refractivity contribution in [1.82, 2.24) is 5.32 Å². The molecule has 0 radical (unpaired) electrons. The van der Waals surface area contributed by atoms with Crippen LogP contribution < -0.4 is 15.4 Å². The molecule has 4 aromatic rings. The van der Waals surface area contributed by atoms with E-state index < -0.39 is 22.0 Å². The summed E-state index contributed by atoms with van der Waals surface area (Å²) in [6.45, 7) is 1.49. The maximum absolute atomic E-state index is 13.6. The van der Waals surface area contributed by atoms with Gasteiger partial charge in [-0.15, -0.1) is 12.4 Å². The molecular formula is C28H25Cl3N4O5S. The average Bonchev–Trinajstić information content (AvgIpc) is 2.90. The molecule has 0 aliphatic rings. The van der Waals surface area contributed by atoms with E-state index in [0.717, 1.165) is 9.87 Å². The fraction of sp³-hybridized carbons (Fsp3) is 0.107. The number of fused-ring (bicyclic) bond motifs is 1. The Bertz CT molecular complexity index is 1730. The Kier molecular flexibility index (Phi) is 9.88. The van der Waals surface area contributed by atoms with Gasteiger partial charge in [-0.2, -0.15) is 0 Å². The van der Waals surface area contributed by atoms with E-state index in [2.05, 4.69) is 5.32 Å². The van der Waals surface area contributed by atoms with Gasteiger partial charge in [-0.3, -0.25) is 14.5 Å². The van der Waals surface area contributed by atoms with Crippen LogP contribution in [0.4, 0.5) is 5.69 Å². The highest BCUT2D eigenvalue weighted by atomic mass is 35.5. The van der Waals surface area contributed by atoms with Crippen molar-refractivity contribution >= 4 is 79.8 Å². The highest BCUT2D eigenvalue weighted by molar-refractivity contribution is 7.93. The summed E-state index contributed by atoms with van der Waals surface area (Å²) in [4.78, 5) is 24.7. The Morgan fingerprint density at radius 3 is 2.22 bits per heavy atom. The number of nitrogens with zero attached hydrogens (tertiary/aromatic N) is 1. The summed E-state index contributed by atoms with van der Waals surface area (Å²) in [6, 6.07) is 18.7. The molecule has 0 aliphatic heterocycles. The van der Waals surface area contributed by atoms with Gasteiger partial charge in [0.05, 0.1) is 10.6 Å². The predicted octanol–water partition coefficient (Wildman–Crippen LogP) is 5.45. The zero-order valence-electron chi connectivity index (χ0n) is 21.5. The van der Waals surface area contributed by atoms with Gasteiger partial charge >= 0.3 is 5.97 Å². The topological polar surface area (TPSA) is 154 Å². The number of amides is 1. The van der Waals surface area contributed by atoms with E-state index in [-0.39, 0.29) is 51.3 Å². The standard InChI is InChI=1S/C28H24Cl2N4O5S.ClH/c1-16(28(36)37)34(40(38,39)23-13-20(29)12-21(30)14-23)22-9-10-24-19(11-22)3-2-4-25(24)27(35)33-15-17-5-7-18(8-6-17)26(31)32;/h2-14,16H,15H2,1H3,(H3,31,32)(H,33,35)(H,36,37);1H. The summed E-state index contributed by atoms with van der Waals surface area (Å²) in [5, 5.41) is 21.3. The average molecular weight is 636 g/mol. The van der Waals surface area contributed by atoms with E-state index in [9.17, 15) is 23.1 Å². The smallest absolute Gasteiger partial charge is 0.327 e. The largest absolute Gasteiger partial charge is 0.480 e. The van der Waals surface area contributed by atoms with Crippen molar-refractivity contribution in [2.24, 2.45) is 5.73 Å². The first-order valence-electron chi connectivity index (χ1n) is 11.9. The number of benzene rings is 4. The fourth-order valence-corrected chi connectivity index (χ4v) is 6.48. The summed E-state index contributed by atoms with van der Waals surface area (Å²) < 4.78 is 28.1. The molecule has 0 saturated heterocycles. The van der Waals surface area contributed by atoms with Crippen molar-refractivity contribution in [2.75, 3.05) is 4.31 Å². The summed E-state index contributed by atoms with van der Waals surface area (Å²) in [5.74, 6) is -1.77. The molecule has 0 saturated carbocycles. The zero-order valence-corrected chi connectivity index (χ0v) is 24.6. The van der Waals surface area contributed by atoms with E-state index in [4.69, 9.17) is 34.3 Å². The Labute approximate surface area is 252 Å². The quantitative estimate of drug-likeness (QED) is 0.142.